The van der Waals surface area contributed by atoms with Gasteiger partial charge in [0.2, 0.25) is 0 Å². The molecule has 3 aliphatic rings. The van der Waals surface area contributed by atoms with Gasteiger partial charge in [-0.2, -0.15) is 0 Å². The van der Waals surface area contributed by atoms with Gasteiger partial charge < -0.3 is 14.8 Å². The van der Waals surface area contributed by atoms with E-state index in [-0.39, 0.29) is 0 Å². The lowest BCUT2D eigenvalue weighted by atomic mass is 9.80. The summed E-state index contributed by atoms with van der Waals surface area (Å²) in [4.78, 5) is 0. The molecule has 0 heterocycles. The molecule has 0 aromatic heterocycles. The molecule has 2 unspecified atom stereocenters. The van der Waals surface area contributed by atoms with E-state index in [0.29, 0.717) is 5.41 Å². The van der Waals surface area contributed by atoms with E-state index in [4.69, 9.17) is 9.47 Å². The van der Waals surface area contributed by atoms with Crippen LogP contribution in [0.25, 0.3) is 0 Å². The molecule has 0 bridgehead atoms. The van der Waals surface area contributed by atoms with Crippen molar-refractivity contribution in [3.63, 3.8) is 0 Å². The molecule has 0 saturated heterocycles. The Morgan fingerprint density at radius 2 is 1.89 bits per heavy atom. The van der Waals surface area contributed by atoms with E-state index >= 15 is 0 Å². The van der Waals surface area contributed by atoms with Crippen LogP contribution in [-0.2, 0) is 9.47 Å². The molecule has 2 atom stereocenters. The predicted octanol–water partition coefficient (Wildman–Crippen LogP) is 2.60. The van der Waals surface area contributed by atoms with Crippen LogP contribution in [0.1, 0.15) is 44.9 Å². The molecule has 3 aliphatic carbocycles. The first-order chi connectivity index (χ1) is 9.31. The Kier molecular flexibility index (Phi) is 4.45. The number of methoxy groups -OCH3 is 1. The van der Waals surface area contributed by atoms with Gasteiger partial charge in [-0.3, -0.25) is 0 Å². The molecule has 0 amide bonds. The summed E-state index contributed by atoms with van der Waals surface area (Å²) >= 11 is 0. The fraction of sp³-hybridized carbons (Fsp3) is 1.00. The molecule has 0 aromatic carbocycles. The average molecular weight is 267 g/mol. The third-order valence-corrected chi connectivity index (χ3v) is 5.22. The number of hydrogen-bond acceptors (Lipinski definition) is 3. The lowest BCUT2D eigenvalue weighted by Crippen LogP contribution is -2.35. The standard InChI is InChI=1S/C16H29NO2/c1-18-6-2-7-19-8-5-16(12-17-15-3-4-15)10-13-9-14(13)11-16/h13-15,17H,2-12H2,1H3. The van der Waals surface area contributed by atoms with Crippen LogP contribution in [0, 0.1) is 17.3 Å². The number of hydrogen-bond donors (Lipinski definition) is 1. The molecule has 0 spiro atoms. The molecule has 3 nitrogen and oxygen atoms in total. The maximum Gasteiger partial charge on any atom is 0.0487 e. The minimum absolute atomic E-state index is 0.567. The first kappa shape index (κ1) is 13.8. The third kappa shape index (κ3) is 3.93. The van der Waals surface area contributed by atoms with E-state index in [0.717, 1.165) is 44.1 Å². The van der Waals surface area contributed by atoms with Crippen molar-refractivity contribution in [2.45, 2.75) is 51.0 Å². The predicted molar refractivity (Wildman–Crippen MR) is 76.2 cm³/mol. The Morgan fingerprint density at radius 3 is 2.58 bits per heavy atom. The minimum atomic E-state index is 0.567. The van der Waals surface area contributed by atoms with Crippen molar-refractivity contribution < 1.29 is 9.47 Å². The zero-order valence-corrected chi connectivity index (χ0v) is 12.3. The zero-order valence-electron chi connectivity index (χ0n) is 12.3. The van der Waals surface area contributed by atoms with E-state index in [2.05, 4.69) is 5.32 Å². The van der Waals surface area contributed by atoms with Gasteiger partial charge in [0.25, 0.3) is 0 Å². The Bertz CT molecular complexity index is 280. The van der Waals surface area contributed by atoms with Gasteiger partial charge in [0.05, 0.1) is 0 Å². The zero-order chi connectivity index (χ0) is 13.1. The minimum Gasteiger partial charge on any atom is -0.385 e. The van der Waals surface area contributed by atoms with Gasteiger partial charge in [0, 0.05) is 39.5 Å². The third-order valence-electron chi connectivity index (χ3n) is 5.22. The highest BCUT2D eigenvalue weighted by atomic mass is 16.5. The van der Waals surface area contributed by atoms with Crippen molar-refractivity contribution in [1.29, 1.82) is 0 Å². The quantitative estimate of drug-likeness (QED) is 0.617. The van der Waals surface area contributed by atoms with E-state index in [9.17, 15) is 0 Å². The molecular formula is C16H29NO2. The van der Waals surface area contributed by atoms with Gasteiger partial charge >= 0.3 is 0 Å². The van der Waals surface area contributed by atoms with Crippen molar-refractivity contribution in [3.05, 3.63) is 0 Å². The summed E-state index contributed by atoms with van der Waals surface area (Å²) in [5.74, 6) is 2.13. The molecule has 0 aliphatic heterocycles. The van der Waals surface area contributed by atoms with Crippen LogP contribution in [0.4, 0.5) is 0 Å². The molecule has 0 radical (unpaired) electrons. The van der Waals surface area contributed by atoms with E-state index in [1.54, 1.807) is 7.11 Å². The van der Waals surface area contributed by atoms with Crippen LogP contribution in [-0.4, -0.2) is 39.5 Å². The maximum atomic E-state index is 5.79. The SMILES string of the molecule is COCCCOCCC1(CNC2CC2)CC2CC2C1. The van der Waals surface area contributed by atoms with Crippen LogP contribution in [0.5, 0.6) is 0 Å². The second-order valence-corrected chi connectivity index (χ2v) is 7.03. The molecule has 3 rings (SSSR count). The molecule has 1 N–H and O–H groups in total. The van der Waals surface area contributed by atoms with Crippen molar-refractivity contribution in [2.75, 3.05) is 33.5 Å². The first-order valence-electron chi connectivity index (χ1n) is 8.11. The van der Waals surface area contributed by atoms with Gasteiger partial charge in [0.1, 0.15) is 0 Å². The Labute approximate surface area is 117 Å². The summed E-state index contributed by atoms with van der Waals surface area (Å²) in [5.41, 5.74) is 0.567. The fourth-order valence-electron chi connectivity index (χ4n) is 3.79. The molecule has 3 heteroatoms. The number of rotatable bonds is 10. The summed E-state index contributed by atoms with van der Waals surface area (Å²) in [6, 6.07) is 0.844. The summed E-state index contributed by atoms with van der Waals surface area (Å²) in [6.45, 7) is 3.85. The van der Waals surface area contributed by atoms with E-state index in [1.165, 1.54) is 45.1 Å². The summed E-state index contributed by atoms with van der Waals surface area (Å²) in [5, 5.41) is 3.77. The molecule has 19 heavy (non-hydrogen) atoms. The topological polar surface area (TPSA) is 30.5 Å². The summed E-state index contributed by atoms with van der Waals surface area (Å²) < 4.78 is 10.8. The van der Waals surface area contributed by atoms with Crippen molar-refractivity contribution in [2.24, 2.45) is 17.3 Å². The lowest BCUT2D eigenvalue weighted by Gasteiger charge is -2.31. The second-order valence-electron chi connectivity index (χ2n) is 7.03. The van der Waals surface area contributed by atoms with Crippen LogP contribution >= 0.6 is 0 Å². The smallest absolute Gasteiger partial charge is 0.0487 e. The highest BCUT2D eigenvalue weighted by Crippen LogP contribution is 2.61. The van der Waals surface area contributed by atoms with Gasteiger partial charge in [-0.15, -0.1) is 0 Å². The monoisotopic (exact) mass is 267 g/mol. The Balaban J connectivity index is 1.36. The maximum absolute atomic E-state index is 5.79. The number of nitrogens with one attached hydrogen (secondary N) is 1. The lowest BCUT2D eigenvalue weighted by molar-refractivity contribution is 0.0728. The summed E-state index contributed by atoms with van der Waals surface area (Å²) in [7, 11) is 1.75. The highest BCUT2D eigenvalue weighted by Gasteiger charge is 2.53. The average Bonchev–Trinajstić information content (AvgIpc) is 3.32. The van der Waals surface area contributed by atoms with Crippen LogP contribution < -0.4 is 5.32 Å². The molecule has 3 saturated carbocycles. The van der Waals surface area contributed by atoms with Gasteiger partial charge in [-0.05, 0) is 62.2 Å². The highest BCUT2D eigenvalue weighted by molar-refractivity contribution is 5.04. The van der Waals surface area contributed by atoms with Crippen LogP contribution in [0.3, 0.4) is 0 Å². The Morgan fingerprint density at radius 1 is 1.11 bits per heavy atom. The van der Waals surface area contributed by atoms with Gasteiger partial charge in [-0.1, -0.05) is 0 Å². The van der Waals surface area contributed by atoms with Crippen LogP contribution in [0.2, 0.25) is 0 Å². The van der Waals surface area contributed by atoms with Gasteiger partial charge in [0.15, 0.2) is 0 Å². The second kappa shape index (κ2) is 6.11. The van der Waals surface area contributed by atoms with Crippen molar-refractivity contribution in [1.82, 2.24) is 5.32 Å². The largest absolute Gasteiger partial charge is 0.385 e. The normalized spacial score (nSPS) is 36.5. The molecule has 0 aromatic rings. The molecular weight excluding hydrogens is 238 g/mol. The number of ether oxygens (including phenoxy) is 2. The fourth-order valence-corrected chi connectivity index (χ4v) is 3.79. The molecule has 3 fully saturated rings. The van der Waals surface area contributed by atoms with Crippen LogP contribution in [0.15, 0.2) is 0 Å². The summed E-state index contributed by atoms with van der Waals surface area (Å²) in [6.07, 6.45) is 9.51. The van der Waals surface area contributed by atoms with Crippen molar-refractivity contribution in [3.8, 4) is 0 Å². The van der Waals surface area contributed by atoms with Gasteiger partial charge in [-0.25, -0.2) is 0 Å². The first-order valence-corrected chi connectivity index (χ1v) is 8.11. The molecule has 110 valence electrons. The van der Waals surface area contributed by atoms with E-state index in [1.807, 2.05) is 0 Å². The Hall–Kier alpha value is -0.120. The number of fused-ring (bicyclic) bond motifs is 1. The van der Waals surface area contributed by atoms with E-state index < -0.39 is 0 Å². The van der Waals surface area contributed by atoms with Crippen molar-refractivity contribution >= 4 is 0 Å².